The first-order valence-electron chi connectivity index (χ1n) is 12.6. The van der Waals surface area contributed by atoms with Gasteiger partial charge in [-0.15, -0.1) is 0 Å². The van der Waals surface area contributed by atoms with Crippen molar-refractivity contribution >= 4 is 21.5 Å². The van der Waals surface area contributed by atoms with E-state index >= 15 is 0 Å². The monoisotopic (exact) mass is 480 g/mol. The van der Waals surface area contributed by atoms with E-state index in [-0.39, 0.29) is 5.92 Å². The largest absolute Gasteiger partial charge is 0.493 e. The summed E-state index contributed by atoms with van der Waals surface area (Å²) in [6.07, 6.45) is 1.69. The van der Waals surface area contributed by atoms with E-state index in [1.165, 1.54) is 27.1 Å². The minimum absolute atomic E-state index is 0.160. The zero-order valence-corrected chi connectivity index (χ0v) is 22.0. The SMILES string of the molecule is COc1ccc(C(C#N)(CCCN(C)Cc2c3ccccc3cc3ccccc23)C(C)C)cc1OC. The van der Waals surface area contributed by atoms with Gasteiger partial charge in [0, 0.05) is 6.54 Å². The molecule has 0 amide bonds. The van der Waals surface area contributed by atoms with Gasteiger partial charge in [-0.2, -0.15) is 5.26 Å². The van der Waals surface area contributed by atoms with Crippen LogP contribution in [0.15, 0.2) is 72.8 Å². The summed E-state index contributed by atoms with van der Waals surface area (Å²) in [5, 5.41) is 15.6. The summed E-state index contributed by atoms with van der Waals surface area (Å²) in [5.74, 6) is 1.50. The summed E-state index contributed by atoms with van der Waals surface area (Å²) >= 11 is 0. The average Bonchev–Trinajstić information content (AvgIpc) is 2.90. The van der Waals surface area contributed by atoms with E-state index in [1.807, 2.05) is 18.2 Å². The molecule has 4 aromatic rings. The summed E-state index contributed by atoms with van der Waals surface area (Å²) in [7, 11) is 5.44. The lowest BCUT2D eigenvalue weighted by atomic mass is 9.69. The fraction of sp³-hybridized carbons (Fsp3) is 0.344. The van der Waals surface area contributed by atoms with Crippen molar-refractivity contribution in [1.82, 2.24) is 4.90 Å². The van der Waals surface area contributed by atoms with Crippen LogP contribution < -0.4 is 9.47 Å². The molecular formula is C32H36N2O2. The van der Waals surface area contributed by atoms with Crippen molar-refractivity contribution in [2.75, 3.05) is 27.8 Å². The topological polar surface area (TPSA) is 45.5 Å². The molecule has 4 rings (SSSR count). The number of nitriles is 1. The number of hydrogen-bond acceptors (Lipinski definition) is 4. The Morgan fingerprint density at radius 1 is 0.861 bits per heavy atom. The number of ether oxygens (including phenoxy) is 2. The Balaban J connectivity index is 1.55. The van der Waals surface area contributed by atoms with Gasteiger partial charge < -0.3 is 14.4 Å². The molecule has 4 aromatic carbocycles. The third-order valence-electron chi connectivity index (χ3n) is 7.51. The number of fused-ring (bicyclic) bond motifs is 2. The molecule has 0 heterocycles. The molecule has 0 aliphatic heterocycles. The Morgan fingerprint density at radius 2 is 1.47 bits per heavy atom. The van der Waals surface area contributed by atoms with Crippen LogP contribution in [0.1, 0.15) is 37.8 Å². The van der Waals surface area contributed by atoms with Gasteiger partial charge in [0.25, 0.3) is 0 Å². The Kier molecular flexibility index (Phi) is 7.82. The van der Waals surface area contributed by atoms with Gasteiger partial charge in [-0.1, -0.05) is 68.4 Å². The molecule has 4 heteroatoms. The van der Waals surface area contributed by atoms with Gasteiger partial charge in [0.2, 0.25) is 0 Å². The molecule has 0 spiro atoms. The van der Waals surface area contributed by atoms with Gasteiger partial charge in [0.15, 0.2) is 11.5 Å². The van der Waals surface area contributed by atoms with E-state index in [2.05, 4.69) is 86.5 Å². The highest BCUT2D eigenvalue weighted by Crippen LogP contribution is 2.40. The van der Waals surface area contributed by atoms with Gasteiger partial charge in [-0.3, -0.25) is 0 Å². The quantitative estimate of drug-likeness (QED) is 0.223. The Morgan fingerprint density at radius 3 is 2.03 bits per heavy atom. The fourth-order valence-electron chi connectivity index (χ4n) is 5.38. The smallest absolute Gasteiger partial charge is 0.161 e. The molecule has 186 valence electrons. The summed E-state index contributed by atoms with van der Waals surface area (Å²) in [6.45, 7) is 6.03. The second kappa shape index (κ2) is 11.0. The first kappa shape index (κ1) is 25.5. The lowest BCUT2D eigenvalue weighted by Crippen LogP contribution is -2.32. The second-order valence-corrected chi connectivity index (χ2v) is 9.95. The lowest BCUT2D eigenvalue weighted by Gasteiger charge is -2.32. The molecule has 1 atom stereocenters. The highest BCUT2D eigenvalue weighted by Gasteiger charge is 2.36. The van der Waals surface area contributed by atoms with Gasteiger partial charge in [0.05, 0.1) is 25.7 Å². The van der Waals surface area contributed by atoms with Gasteiger partial charge in [0.1, 0.15) is 0 Å². The van der Waals surface area contributed by atoms with Crippen LogP contribution in [0.3, 0.4) is 0 Å². The average molecular weight is 481 g/mol. The van der Waals surface area contributed by atoms with Crippen LogP contribution in [0, 0.1) is 17.2 Å². The van der Waals surface area contributed by atoms with E-state index in [1.54, 1.807) is 14.2 Å². The summed E-state index contributed by atoms with van der Waals surface area (Å²) in [5.41, 5.74) is 1.76. The Labute approximate surface area is 215 Å². The lowest BCUT2D eigenvalue weighted by molar-refractivity contribution is 0.287. The van der Waals surface area contributed by atoms with Crippen LogP contribution in [0.4, 0.5) is 0 Å². The third-order valence-corrected chi connectivity index (χ3v) is 7.51. The maximum Gasteiger partial charge on any atom is 0.161 e. The van der Waals surface area contributed by atoms with Crippen molar-refractivity contribution in [2.24, 2.45) is 5.92 Å². The minimum atomic E-state index is -0.591. The van der Waals surface area contributed by atoms with Crippen LogP contribution in [-0.2, 0) is 12.0 Å². The zero-order chi connectivity index (χ0) is 25.7. The van der Waals surface area contributed by atoms with E-state index in [4.69, 9.17) is 9.47 Å². The standard InChI is InChI=1S/C32H36N2O2/c1-23(2)32(22-33,26-15-16-30(35-4)31(20-26)36-5)17-10-18-34(3)21-29-27-13-8-6-11-24(27)19-25-12-7-9-14-28(25)29/h6-9,11-16,19-20,23H,10,17-18,21H2,1-5H3. The minimum Gasteiger partial charge on any atom is -0.493 e. The molecule has 1 unspecified atom stereocenters. The van der Waals surface area contributed by atoms with E-state index in [0.29, 0.717) is 11.5 Å². The second-order valence-electron chi connectivity index (χ2n) is 9.95. The summed E-state index contributed by atoms with van der Waals surface area (Å²) in [4.78, 5) is 2.38. The van der Waals surface area contributed by atoms with Crippen molar-refractivity contribution in [3.8, 4) is 17.6 Å². The number of hydrogen-bond donors (Lipinski definition) is 0. The molecule has 0 fully saturated rings. The predicted octanol–water partition coefficient (Wildman–Crippen LogP) is 7.34. The van der Waals surface area contributed by atoms with Crippen molar-refractivity contribution in [3.63, 3.8) is 0 Å². The summed E-state index contributed by atoms with van der Waals surface area (Å²) in [6, 6.07) is 28.1. The predicted molar refractivity (Wildman–Crippen MR) is 149 cm³/mol. The molecule has 4 nitrogen and oxygen atoms in total. The Bertz CT molecular complexity index is 1330. The van der Waals surface area contributed by atoms with E-state index in [0.717, 1.165) is 31.5 Å². The molecule has 36 heavy (non-hydrogen) atoms. The third kappa shape index (κ3) is 4.90. The van der Waals surface area contributed by atoms with Crippen molar-refractivity contribution in [1.29, 1.82) is 5.26 Å². The van der Waals surface area contributed by atoms with Gasteiger partial charge >= 0.3 is 0 Å². The van der Waals surface area contributed by atoms with Gasteiger partial charge in [-0.05, 0) is 83.2 Å². The first-order valence-corrected chi connectivity index (χ1v) is 12.6. The number of nitrogens with zero attached hydrogens (tertiary/aromatic N) is 2. The highest BCUT2D eigenvalue weighted by atomic mass is 16.5. The van der Waals surface area contributed by atoms with Gasteiger partial charge in [-0.25, -0.2) is 0 Å². The zero-order valence-electron chi connectivity index (χ0n) is 22.0. The van der Waals surface area contributed by atoms with Crippen molar-refractivity contribution in [2.45, 2.75) is 38.6 Å². The number of rotatable bonds is 10. The van der Waals surface area contributed by atoms with Crippen LogP contribution in [0.25, 0.3) is 21.5 Å². The van der Waals surface area contributed by atoms with Crippen molar-refractivity contribution < 1.29 is 9.47 Å². The highest BCUT2D eigenvalue weighted by molar-refractivity contribution is 6.02. The van der Waals surface area contributed by atoms with E-state index in [9.17, 15) is 5.26 Å². The number of methoxy groups -OCH3 is 2. The number of benzene rings is 4. The van der Waals surface area contributed by atoms with Crippen LogP contribution in [-0.4, -0.2) is 32.7 Å². The molecular weight excluding hydrogens is 444 g/mol. The van der Waals surface area contributed by atoms with Crippen molar-refractivity contribution in [3.05, 3.63) is 83.9 Å². The maximum atomic E-state index is 10.4. The normalized spacial score (nSPS) is 13.2. The molecule has 0 aliphatic carbocycles. The summed E-state index contributed by atoms with van der Waals surface area (Å²) < 4.78 is 10.9. The van der Waals surface area contributed by atoms with E-state index < -0.39 is 5.41 Å². The Hall–Kier alpha value is -3.55. The molecule has 0 N–H and O–H groups in total. The molecule has 0 bridgehead atoms. The maximum absolute atomic E-state index is 10.4. The molecule has 0 aromatic heterocycles. The molecule has 0 saturated carbocycles. The van der Waals surface area contributed by atoms with Crippen LogP contribution in [0.5, 0.6) is 11.5 Å². The first-order chi connectivity index (χ1) is 17.4. The molecule has 0 aliphatic rings. The van der Waals surface area contributed by atoms with Crippen LogP contribution in [0.2, 0.25) is 0 Å². The molecule has 0 saturated heterocycles. The van der Waals surface area contributed by atoms with Crippen LogP contribution >= 0.6 is 0 Å². The fourth-order valence-corrected chi connectivity index (χ4v) is 5.38. The molecule has 0 radical (unpaired) electrons.